The molecular weight excluding hydrogens is 320 g/mol. The normalized spacial score (nSPS) is 17.6. The number of carbonyl (C=O) groups excluding carboxylic acids is 1. The molecule has 1 aromatic carbocycles. The van der Waals surface area contributed by atoms with Gasteiger partial charge in [0.05, 0.1) is 0 Å². The number of anilines is 1. The summed E-state index contributed by atoms with van der Waals surface area (Å²) in [7, 11) is 0. The molecule has 5 nitrogen and oxygen atoms in total. The minimum absolute atomic E-state index is 0.0288. The maximum atomic E-state index is 12.0. The number of allylic oxidation sites excluding steroid dienone is 2. The number of hydrogen-bond donors (Lipinski definition) is 1. The highest BCUT2D eigenvalue weighted by atomic mass is 79.9. The van der Waals surface area contributed by atoms with E-state index in [0.29, 0.717) is 11.5 Å². The number of benzene rings is 1. The van der Waals surface area contributed by atoms with Crippen LogP contribution >= 0.6 is 15.9 Å². The molecule has 0 spiro atoms. The number of fused-ring (bicyclic) bond motifs is 1. The Labute approximate surface area is 124 Å². The number of nitrogens with zero attached hydrogens (tertiary/aromatic N) is 3. The number of hydrogen-bond acceptors (Lipinski definition) is 4. The summed E-state index contributed by atoms with van der Waals surface area (Å²) in [6.07, 6.45) is 1.49. The van der Waals surface area contributed by atoms with E-state index in [9.17, 15) is 4.79 Å². The molecule has 3 rings (SSSR count). The van der Waals surface area contributed by atoms with Gasteiger partial charge in [0.2, 0.25) is 5.95 Å². The molecular formula is C14H13BrN4O. The molecule has 6 heteroatoms. The highest BCUT2D eigenvalue weighted by molar-refractivity contribution is 9.10. The van der Waals surface area contributed by atoms with Crippen LogP contribution in [0.2, 0.25) is 0 Å². The van der Waals surface area contributed by atoms with Crippen molar-refractivity contribution in [2.75, 3.05) is 5.32 Å². The number of halogens is 1. The first-order valence-electron chi connectivity index (χ1n) is 6.21. The number of ketones is 1. The summed E-state index contributed by atoms with van der Waals surface area (Å²) >= 11 is 3.47. The first kappa shape index (κ1) is 13.1. The van der Waals surface area contributed by atoms with E-state index in [-0.39, 0.29) is 11.8 Å². The average molecular weight is 333 g/mol. The van der Waals surface area contributed by atoms with E-state index in [4.69, 9.17) is 0 Å². The number of carbonyl (C=O) groups is 1. The van der Waals surface area contributed by atoms with Gasteiger partial charge in [-0.15, -0.1) is 0 Å². The zero-order chi connectivity index (χ0) is 14.3. The molecule has 0 saturated heterocycles. The quantitative estimate of drug-likeness (QED) is 0.918. The van der Waals surface area contributed by atoms with E-state index in [2.05, 4.69) is 31.3 Å². The van der Waals surface area contributed by atoms with Gasteiger partial charge in [-0.2, -0.15) is 10.1 Å². The van der Waals surface area contributed by atoms with Crippen LogP contribution in [0.5, 0.6) is 0 Å². The second-order valence-electron chi connectivity index (χ2n) is 4.71. The van der Waals surface area contributed by atoms with Gasteiger partial charge in [-0.25, -0.2) is 4.68 Å². The summed E-state index contributed by atoms with van der Waals surface area (Å²) in [5.74, 6) is 0.679. The van der Waals surface area contributed by atoms with Crippen molar-refractivity contribution < 1.29 is 4.79 Å². The van der Waals surface area contributed by atoms with E-state index in [1.807, 2.05) is 31.2 Å². The van der Waals surface area contributed by atoms with Crippen molar-refractivity contribution in [3.05, 3.63) is 51.9 Å². The predicted molar refractivity (Wildman–Crippen MR) is 79.3 cm³/mol. The second kappa shape index (κ2) is 4.86. The fourth-order valence-electron chi connectivity index (χ4n) is 2.53. The molecule has 102 valence electrons. The number of rotatable bonds is 2. The molecule has 0 fully saturated rings. The Balaban J connectivity index is 2.22. The van der Waals surface area contributed by atoms with E-state index in [1.165, 1.54) is 6.33 Å². The Morgan fingerprint density at radius 1 is 1.45 bits per heavy atom. The summed E-state index contributed by atoms with van der Waals surface area (Å²) in [6, 6.07) is 7.64. The zero-order valence-electron chi connectivity index (χ0n) is 11.1. The monoisotopic (exact) mass is 332 g/mol. The van der Waals surface area contributed by atoms with Crippen LogP contribution in [0.15, 0.2) is 46.3 Å². The van der Waals surface area contributed by atoms with E-state index < -0.39 is 0 Å². The third-order valence-electron chi connectivity index (χ3n) is 3.34. The van der Waals surface area contributed by atoms with Gasteiger partial charge in [0.1, 0.15) is 12.4 Å². The van der Waals surface area contributed by atoms with Crippen molar-refractivity contribution in [1.29, 1.82) is 0 Å². The maximum Gasteiger partial charge on any atom is 0.226 e. The number of nitrogens with one attached hydrogen (secondary N) is 1. The molecule has 0 aliphatic carbocycles. The Bertz CT molecular complexity index is 719. The minimum Gasteiger partial charge on any atom is -0.328 e. The molecule has 0 unspecified atom stereocenters. The average Bonchev–Trinajstić information content (AvgIpc) is 2.84. The molecule has 1 aliphatic rings. The van der Waals surface area contributed by atoms with Gasteiger partial charge >= 0.3 is 0 Å². The van der Waals surface area contributed by atoms with Crippen LogP contribution in [0.1, 0.15) is 25.5 Å². The van der Waals surface area contributed by atoms with Crippen LogP contribution in [0.25, 0.3) is 0 Å². The predicted octanol–water partition coefficient (Wildman–Crippen LogP) is 2.92. The smallest absolute Gasteiger partial charge is 0.226 e. The van der Waals surface area contributed by atoms with E-state index >= 15 is 0 Å². The lowest BCUT2D eigenvalue weighted by atomic mass is 9.93. The molecule has 1 aromatic heterocycles. The number of Topliss-reactive ketones (excluding diaryl/α,β-unsaturated/α-hetero) is 1. The highest BCUT2D eigenvalue weighted by Crippen LogP contribution is 2.35. The fraction of sp³-hybridized carbons (Fsp3) is 0.214. The van der Waals surface area contributed by atoms with Gasteiger partial charge in [-0.1, -0.05) is 28.1 Å². The van der Waals surface area contributed by atoms with Gasteiger partial charge in [-0.05, 0) is 31.5 Å². The SMILES string of the molecule is CC(=O)C1=C(C)Nc2ncnn2[C@@H]1c1cccc(Br)c1. The zero-order valence-corrected chi connectivity index (χ0v) is 12.7. The van der Waals surface area contributed by atoms with Crippen molar-refractivity contribution >= 4 is 27.7 Å². The maximum absolute atomic E-state index is 12.0. The molecule has 20 heavy (non-hydrogen) atoms. The summed E-state index contributed by atoms with van der Waals surface area (Å²) < 4.78 is 2.71. The van der Waals surface area contributed by atoms with Crippen molar-refractivity contribution in [3.63, 3.8) is 0 Å². The molecule has 1 atom stereocenters. The van der Waals surface area contributed by atoms with Gasteiger partial charge < -0.3 is 5.32 Å². The largest absolute Gasteiger partial charge is 0.328 e. The molecule has 0 bridgehead atoms. The molecule has 1 aliphatic heterocycles. The summed E-state index contributed by atoms with van der Waals surface area (Å²) in [5, 5.41) is 7.37. The van der Waals surface area contributed by atoms with E-state index in [1.54, 1.807) is 11.6 Å². The van der Waals surface area contributed by atoms with Crippen LogP contribution in [0, 0.1) is 0 Å². The minimum atomic E-state index is -0.247. The van der Waals surface area contributed by atoms with Crippen LogP contribution in [0.3, 0.4) is 0 Å². The van der Waals surface area contributed by atoms with Crippen LogP contribution in [0.4, 0.5) is 5.95 Å². The van der Waals surface area contributed by atoms with E-state index in [0.717, 1.165) is 15.7 Å². The Morgan fingerprint density at radius 2 is 2.25 bits per heavy atom. The van der Waals surface area contributed by atoms with Gasteiger partial charge in [0, 0.05) is 15.7 Å². The van der Waals surface area contributed by atoms with Gasteiger partial charge in [0.25, 0.3) is 0 Å². The van der Waals surface area contributed by atoms with Crippen LogP contribution in [-0.2, 0) is 4.79 Å². The molecule has 0 amide bonds. The fourth-order valence-corrected chi connectivity index (χ4v) is 2.95. The lowest BCUT2D eigenvalue weighted by Crippen LogP contribution is -2.27. The first-order chi connectivity index (χ1) is 9.58. The molecule has 2 aromatic rings. The van der Waals surface area contributed by atoms with Crippen molar-refractivity contribution in [3.8, 4) is 0 Å². The van der Waals surface area contributed by atoms with Crippen molar-refractivity contribution in [2.24, 2.45) is 0 Å². The van der Waals surface area contributed by atoms with Gasteiger partial charge in [-0.3, -0.25) is 4.79 Å². The third kappa shape index (κ3) is 2.06. The third-order valence-corrected chi connectivity index (χ3v) is 3.83. The Hall–Kier alpha value is -1.95. The summed E-state index contributed by atoms with van der Waals surface area (Å²) in [5.41, 5.74) is 2.53. The highest BCUT2D eigenvalue weighted by Gasteiger charge is 2.31. The molecule has 0 radical (unpaired) electrons. The standard InChI is InChI=1S/C14H13BrN4O/c1-8-12(9(2)20)13(10-4-3-5-11(15)6-10)19-14(18-8)16-7-17-19/h3-7,13H,1-2H3,(H,16,17,18)/t13-/m1/s1. The lowest BCUT2D eigenvalue weighted by Gasteiger charge is -2.28. The molecule has 0 saturated carbocycles. The second-order valence-corrected chi connectivity index (χ2v) is 5.62. The van der Waals surface area contributed by atoms with Crippen molar-refractivity contribution in [1.82, 2.24) is 14.8 Å². The summed E-state index contributed by atoms with van der Waals surface area (Å²) in [4.78, 5) is 16.2. The van der Waals surface area contributed by atoms with Crippen LogP contribution < -0.4 is 5.32 Å². The number of aromatic nitrogens is 3. The van der Waals surface area contributed by atoms with Crippen molar-refractivity contribution in [2.45, 2.75) is 19.9 Å². The van der Waals surface area contributed by atoms with Gasteiger partial charge in [0.15, 0.2) is 5.78 Å². The molecule has 2 heterocycles. The topological polar surface area (TPSA) is 59.8 Å². The Morgan fingerprint density at radius 3 is 2.95 bits per heavy atom. The summed E-state index contributed by atoms with van der Waals surface area (Å²) in [6.45, 7) is 3.47. The first-order valence-corrected chi connectivity index (χ1v) is 7.01. The molecule has 1 N–H and O–H groups in total. The lowest BCUT2D eigenvalue weighted by molar-refractivity contribution is -0.114. The Kier molecular flexibility index (Phi) is 3.17. The van der Waals surface area contributed by atoms with Crippen LogP contribution in [-0.4, -0.2) is 20.5 Å².